The largest absolute Gasteiger partial charge is 0.334 e. The van der Waals surface area contributed by atoms with Gasteiger partial charge >= 0.3 is 0 Å². The highest BCUT2D eigenvalue weighted by Crippen LogP contribution is 2.34. The summed E-state index contributed by atoms with van der Waals surface area (Å²) >= 11 is 0. The number of nitrogens with one attached hydrogen (secondary N) is 1. The topological polar surface area (TPSA) is 33.1 Å². The van der Waals surface area contributed by atoms with Gasteiger partial charge in [0, 0.05) is 50.7 Å². The second-order valence-corrected chi connectivity index (χ2v) is 7.30. The van der Waals surface area contributed by atoms with Gasteiger partial charge in [-0.1, -0.05) is 13.8 Å². The van der Waals surface area contributed by atoms with Gasteiger partial charge in [0.15, 0.2) is 0 Å². The summed E-state index contributed by atoms with van der Waals surface area (Å²) in [5, 5.41) is 3.81. The lowest BCUT2D eigenvalue weighted by Gasteiger charge is -2.41. The summed E-state index contributed by atoms with van der Waals surface area (Å²) in [5.74, 6) is 2.85. The van der Waals surface area contributed by atoms with Gasteiger partial charge < -0.3 is 9.88 Å². The molecule has 2 unspecified atom stereocenters. The van der Waals surface area contributed by atoms with Crippen molar-refractivity contribution in [3.8, 4) is 0 Å². The first-order valence-corrected chi connectivity index (χ1v) is 8.58. The van der Waals surface area contributed by atoms with E-state index >= 15 is 0 Å². The minimum atomic E-state index is 0.698. The lowest BCUT2D eigenvalue weighted by molar-refractivity contribution is 0.103. The van der Waals surface area contributed by atoms with E-state index in [0.29, 0.717) is 6.04 Å². The van der Waals surface area contributed by atoms with E-state index in [2.05, 4.69) is 46.7 Å². The number of aryl methyl sites for hydroxylation is 1. The van der Waals surface area contributed by atoms with E-state index in [9.17, 15) is 0 Å². The Labute approximate surface area is 128 Å². The van der Waals surface area contributed by atoms with Gasteiger partial charge in [0.25, 0.3) is 0 Å². The van der Waals surface area contributed by atoms with Crippen LogP contribution in [0.1, 0.15) is 38.9 Å². The molecule has 1 saturated carbocycles. The van der Waals surface area contributed by atoms with E-state index in [0.717, 1.165) is 36.8 Å². The summed E-state index contributed by atoms with van der Waals surface area (Å²) in [7, 11) is 0. The van der Waals surface area contributed by atoms with Gasteiger partial charge in [-0.3, -0.25) is 4.90 Å². The number of rotatable bonds is 6. The molecule has 0 amide bonds. The SMILES string of the molecule is Cc1nccn1CCN1CC(C2CC2)NCC1CC(C)C. The fourth-order valence-electron chi connectivity index (χ4n) is 3.62. The minimum absolute atomic E-state index is 0.698. The summed E-state index contributed by atoms with van der Waals surface area (Å²) in [4.78, 5) is 7.07. The third-order valence-electron chi connectivity index (χ3n) is 5.05. The van der Waals surface area contributed by atoms with Crippen LogP contribution in [0.15, 0.2) is 12.4 Å². The van der Waals surface area contributed by atoms with Gasteiger partial charge in [-0.15, -0.1) is 0 Å². The minimum Gasteiger partial charge on any atom is -0.334 e. The van der Waals surface area contributed by atoms with Crippen LogP contribution in [0.2, 0.25) is 0 Å². The summed E-state index contributed by atoms with van der Waals surface area (Å²) in [5.41, 5.74) is 0. The van der Waals surface area contributed by atoms with Crippen molar-refractivity contribution in [1.29, 1.82) is 0 Å². The van der Waals surface area contributed by atoms with E-state index in [1.54, 1.807) is 0 Å². The van der Waals surface area contributed by atoms with Crippen LogP contribution in [0.5, 0.6) is 0 Å². The molecule has 1 saturated heterocycles. The van der Waals surface area contributed by atoms with Crippen molar-refractivity contribution < 1.29 is 0 Å². The standard InChI is InChI=1S/C17H30N4/c1-13(2)10-16-11-19-17(15-4-5-15)12-21(16)9-8-20-7-6-18-14(20)3/h6-7,13,15-17,19H,4-5,8-12H2,1-3H3. The van der Waals surface area contributed by atoms with Crippen LogP contribution < -0.4 is 5.32 Å². The highest BCUT2D eigenvalue weighted by atomic mass is 15.2. The van der Waals surface area contributed by atoms with Crippen LogP contribution in [-0.2, 0) is 6.54 Å². The molecule has 0 aromatic carbocycles. The first kappa shape index (κ1) is 15.0. The Bertz CT molecular complexity index is 449. The Morgan fingerprint density at radius 2 is 2.14 bits per heavy atom. The molecule has 0 spiro atoms. The zero-order valence-corrected chi connectivity index (χ0v) is 13.8. The van der Waals surface area contributed by atoms with E-state index in [1.165, 1.54) is 32.4 Å². The molecule has 1 aromatic rings. The van der Waals surface area contributed by atoms with Crippen LogP contribution >= 0.6 is 0 Å². The van der Waals surface area contributed by atoms with Crippen molar-refractivity contribution in [2.75, 3.05) is 19.6 Å². The average molecular weight is 290 g/mol. The molecule has 2 atom stereocenters. The summed E-state index contributed by atoms with van der Waals surface area (Å²) in [6, 6.07) is 1.43. The fourth-order valence-corrected chi connectivity index (χ4v) is 3.62. The first-order chi connectivity index (χ1) is 10.1. The molecule has 0 radical (unpaired) electrons. The number of hydrogen-bond acceptors (Lipinski definition) is 3. The van der Waals surface area contributed by atoms with Crippen molar-refractivity contribution in [2.24, 2.45) is 11.8 Å². The van der Waals surface area contributed by atoms with Crippen molar-refractivity contribution in [2.45, 2.75) is 58.7 Å². The second-order valence-electron chi connectivity index (χ2n) is 7.30. The molecule has 2 fully saturated rings. The lowest BCUT2D eigenvalue weighted by atomic mass is 9.97. The highest BCUT2D eigenvalue weighted by Gasteiger charge is 2.37. The molecule has 21 heavy (non-hydrogen) atoms. The molecule has 1 aliphatic heterocycles. The van der Waals surface area contributed by atoms with E-state index in [4.69, 9.17) is 0 Å². The maximum Gasteiger partial charge on any atom is 0.105 e. The molecule has 2 heterocycles. The highest BCUT2D eigenvalue weighted by molar-refractivity contribution is 4.95. The molecule has 1 aliphatic carbocycles. The van der Waals surface area contributed by atoms with Gasteiger partial charge in [0.05, 0.1) is 0 Å². The average Bonchev–Trinajstić information content (AvgIpc) is 3.21. The van der Waals surface area contributed by atoms with Gasteiger partial charge in [-0.05, 0) is 38.0 Å². The van der Waals surface area contributed by atoms with Crippen molar-refractivity contribution in [3.63, 3.8) is 0 Å². The maximum atomic E-state index is 4.33. The van der Waals surface area contributed by atoms with Crippen LogP contribution in [0.4, 0.5) is 0 Å². The first-order valence-electron chi connectivity index (χ1n) is 8.58. The Hall–Kier alpha value is -0.870. The molecule has 0 bridgehead atoms. The summed E-state index contributed by atoms with van der Waals surface area (Å²) in [6.07, 6.45) is 8.17. The van der Waals surface area contributed by atoms with Crippen LogP contribution in [0.3, 0.4) is 0 Å². The van der Waals surface area contributed by atoms with E-state index in [1.807, 2.05) is 6.20 Å². The predicted molar refractivity (Wildman–Crippen MR) is 86.3 cm³/mol. The fraction of sp³-hybridized carbons (Fsp3) is 0.824. The summed E-state index contributed by atoms with van der Waals surface area (Å²) in [6.45, 7) is 11.4. The van der Waals surface area contributed by atoms with E-state index in [-0.39, 0.29) is 0 Å². The zero-order chi connectivity index (χ0) is 14.8. The number of imidazole rings is 1. The molecule has 4 heteroatoms. The number of aromatic nitrogens is 2. The Morgan fingerprint density at radius 3 is 2.76 bits per heavy atom. The van der Waals surface area contributed by atoms with Crippen molar-refractivity contribution in [1.82, 2.24) is 19.8 Å². The van der Waals surface area contributed by atoms with Crippen molar-refractivity contribution >= 4 is 0 Å². The van der Waals surface area contributed by atoms with Gasteiger partial charge in [0.1, 0.15) is 5.82 Å². The Kier molecular flexibility index (Phi) is 4.65. The molecule has 2 aliphatic rings. The molecule has 4 nitrogen and oxygen atoms in total. The number of hydrogen-bond donors (Lipinski definition) is 1. The van der Waals surface area contributed by atoms with Gasteiger partial charge in [0.2, 0.25) is 0 Å². The van der Waals surface area contributed by atoms with Gasteiger partial charge in [-0.2, -0.15) is 0 Å². The molecule has 118 valence electrons. The van der Waals surface area contributed by atoms with Crippen LogP contribution in [0.25, 0.3) is 0 Å². The number of piperazine rings is 1. The predicted octanol–water partition coefficient (Wildman–Crippen LogP) is 2.29. The Morgan fingerprint density at radius 1 is 1.33 bits per heavy atom. The monoisotopic (exact) mass is 290 g/mol. The summed E-state index contributed by atoms with van der Waals surface area (Å²) < 4.78 is 2.28. The van der Waals surface area contributed by atoms with Gasteiger partial charge in [-0.25, -0.2) is 4.98 Å². The third-order valence-corrected chi connectivity index (χ3v) is 5.05. The van der Waals surface area contributed by atoms with Crippen molar-refractivity contribution in [3.05, 3.63) is 18.2 Å². The maximum absolute atomic E-state index is 4.33. The smallest absolute Gasteiger partial charge is 0.105 e. The third kappa shape index (κ3) is 3.86. The Balaban J connectivity index is 1.60. The van der Waals surface area contributed by atoms with E-state index < -0.39 is 0 Å². The normalized spacial score (nSPS) is 27.4. The molecular weight excluding hydrogens is 260 g/mol. The quantitative estimate of drug-likeness (QED) is 0.872. The van der Waals surface area contributed by atoms with Crippen LogP contribution in [-0.4, -0.2) is 46.2 Å². The second kappa shape index (κ2) is 6.49. The number of nitrogens with zero attached hydrogens (tertiary/aromatic N) is 3. The van der Waals surface area contributed by atoms with Crippen LogP contribution in [0, 0.1) is 18.8 Å². The molecular formula is C17H30N4. The lowest BCUT2D eigenvalue weighted by Crippen LogP contribution is -2.58. The molecule has 3 rings (SSSR count). The zero-order valence-electron chi connectivity index (χ0n) is 13.8. The molecule has 1 N–H and O–H groups in total. The molecule has 1 aromatic heterocycles.